The summed E-state index contributed by atoms with van der Waals surface area (Å²) in [4.78, 5) is 14.3. The molecule has 0 saturated carbocycles. The monoisotopic (exact) mass is 302 g/mol. The van der Waals surface area contributed by atoms with Crippen LogP contribution in [0.15, 0.2) is 30.6 Å². The van der Waals surface area contributed by atoms with Gasteiger partial charge in [0.25, 0.3) is 5.91 Å². The third kappa shape index (κ3) is 3.66. The van der Waals surface area contributed by atoms with Crippen LogP contribution >= 0.6 is 0 Å². The second-order valence-electron chi connectivity index (χ2n) is 4.94. The molecule has 0 spiro atoms. The number of amides is 1. The van der Waals surface area contributed by atoms with Gasteiger partial charge < -0.3 is 10.1 Å². The molecule has 0 aliphatic carbocycles. The van der Waals surface area contributed by atoms with E-state index in [0.717, 1.165) is 32.8 Å². The van der Waals surface area contributed by atoms with Gasteiger partial charge in [0.1, 0.15) is 0 Å². The highest BCUT2D eigenvalue weighted by Crippen LogP contribution is 2.02. The van der Waals surface area contributed by atoms with Crippen LogP contribution < -0.4 is 5.32 Å². The Bertz CT molecular complexity index is 592. The number of ether oxygens (including phenoxy) is 1. The first kappa shape index (κ1) is 14.6. The quantitative estimate of drug-likeness (QED) is 0.818. The summed E-state index contributed by atoms with van der Waals surface area (Å²) < 4.78 is 6.87. The lowest BCUT2D eigenvalue weighted by atomic mass is 10.3. The zero-order valence-corrected chi connectivity index (χ0v) is 12.2. The van der Waals surface area contributed by atoms with Gasteiger partial charge in [-0.2, -0.15) is 5.10 Å². The van der Waals surface area contributed by atoms with E-state index in [4.69, 9.17) is 4.74 Å². The van der Waals surface area contributed by atoms with Crippen LogP contribution in [0.5, 0.6) is 0 Å². The van der Waals surface area contributed by atoms with Crippen LogP contribution in [-0.2, 0) is 4.74 Å². The predicted octanol–water partition coefficient (Wildman–Crippen LogP) is -0.276. The van der Waals surface area contributed by atoms with Crippen LogP contribution in [-0.4, -0.2) is 70.2 Å². The first-order chi connectivity index (χ1) is 10.8. The van der Waals surface area contributed by atoms with Crippen molar-refractivity contribution in [2.45, 2.75) is 0 Å². The van der Waals surface area contributed by atoms with Crippen molar-refractivity contribution >= 4 is 5.91 Å². The highest BCUT2D eigenvalue weighted by Gasteiger charge is 2.12. The van der Waals surface area contributed by atoms with E-state index >= 15 is 0 Å². The zero-order chi connectivity index (χ0) is 15.2. The molecule has 22 heavy (non-hydrogen) atoms. The normalized spacial score (nSPS) is 15.6. The van der Waals surface area contributed by atoms with Gasteiger partial charge in [-0.3, -0.25) is 9.69 Å². The first-order valence-corrected chi connectivity index (χ1v) is 7.25. The summed E-state index contributed by atoms with van der Waals surface area (Å²) in [7, 11) is 0. The fourth-order valence-corrected chi connectivity index (χ4v) is 2.22. The largest absolute Gasteiger partial charge is 0.379 e. The van der Waals surface area contributed by atoms with Crippen molar-refractivity contribution in [1.82, 2.24) is 30.2 Å². The maximum Gasteiger partial charge on any atom is 0.271 e. The molecule has 8 heteroatoms. The third-order valence-corrected chi connectivity index (χ3v) is 3.44. The lowest BCUT2D eigenvalue weighted by Crippen LogP contribution is -2.41. The second kappa shape index (κ2) is 7.10. The number of nitrogens with zero attached hydrogens (tertiary/aromatic N) is 5. The molecule has 0 bridgehead atoms. The van der Waals surface area contributed by atoms with Gasteiger partial charge in [-0.05, 0) is 18.2 Å². The summed E-state index contributed by atoms with van der Waals surface area (Å²) in [6.45, 7) is 4.74. The van der Waals surface area contributed by atoms with Crippen molar-refractivity contribution in [3.05, 3.63) is 36.3 Å². The van der Waals surface area contributed by atoms with Gasteiger partial charge in [0, 0.05) is 38.6 Å². The van der Waals surface area contributed by atoms with Crippen molar-refractivity contribution in [3.63, 3.8) is 0 Å². The van der Waals surface area contributed by atoms with Gasteiger partial charge in [-0.25, -0.2) is 4.68 Å². The zero-order valence-electron chi connectivity index (χ0n) is 12.2. The van der Waals surface area contributed by atoms with E-state index in [1.165, 1.54) is 0 Å². The number of morpholine rings is 1. The molecule has 3 heterocycles. The molecule has 1 aliphatic heterocycles. The summed E-state index contributed by atoms with van der Waals surface area (Å²) in [6.07, 6.45) is 3.43. The Kier molecular flexibility index (Phi) is 4.71. The maximum absolute atomic E-state index is 12.0. The molecule has 0 radical (unpaired) electrons. The Morgan fingerprint density at radius 3 is 2.82 bits per heavy atom. The summed E-state index contributed by atoms with van der Waals surface area (Å²) in [5, 5.41) is 14.9. The smallest absolute Gasteiger partial charge is 0.271 e. The minimum atomic E-state index is -0.215. The van der Waals surface area contributed by atoms with Gasteiger partial charge in [-0.15, -0.1) is 10.2 Å². The molecule has 0 unspecified atom stereocenters. The van der Waals surface area contributed by atoms with Crippen molar-refractivity contribution < 1.29 is 9.53 Å². The van der Waals surface area contributed by atoms with Crippen LogP contribution in [0.2, 0.25) is 0 Å². The van der Waals surface area contributed by atoms with E-state index in [1.54, 1.807) is 35.3 Å². The van der Waals surface area contributed by atoms with Gasteiger partial charge in [-0.1, -0.05) is 0 Å². The van der Waals surface area contributed by atoms with Crippen molar-refractivity contribution in [3.8, 4) is 5.82 Å². The third-order valence-electron chi connectivity index (χ3n) is 3.44. The Morgan fingerprint density at radius 2 is 2.14 bits per heavy atom. The molecule has 1 amide bonds. The number of rotatable bonds is 5. The highest BCUT2D eigenvalue weighted by molar-refractivity contribution is 5.92. The molecule has 1 aliphatic rings. The number of hydrogen-bond donors (Lipinski definition) is 1. The number of hydrogen-bond acceptors (Lipinski definition) is 6. The first-order valence-electron chi connectivity index (χ1n) is 7.25. The number of nitrogens with one attached hydrogen (secondary N) is 1. The molecule has 1 N–H and O–H groups in total. The molecule has 1 saturated heterocycles. The molecule has 2 aromatic rings. The molecule has 116 valence electrons. The van der Waals surface area contributed by atoms with Crippen molar-refractivity contribution in [2.75, 3.05) is 39.4 Å². The Hall–Kier alpha value is -2.32. The highest BCUT2D eigenvalue weighted by atomic mass is 16.5. The average Bonchev–Trinajstić information content (AvgIpc) is 3.10. The second-order valence-corrected chi connectivity index (χ2v) is 4.94. The van der Waals surface area contributed by atoms with Crippen LogP contribution in [0.3, 0.4) is 0 Å². The minimum Gasteiger partial charge on any atom is -0.379 e. The number of carbonyl (C=O) groups is 1. The van der Waals surface area contributed by atoms with Gasteiger partial charge >= 0.3 is 0 Å². The van der Waals surface area contributed by atoms with E-state index in [-0.39, 0.29) is 5.91 Å². The SMILES string of the molecule is O=C(NCCN1CCOCC1)c1ccc(-n2cccn2)nn1. The molecule has 2 aromatic heterocycles. The number of carbonyl (C=O) groups excluding carboxylic acids is 1. The maximum atomic E-state index is 12.0. The van der Waals surface area contributed by atoms with E-state index in [2.05, 4.69) is 25.5 Å². The van der Waals surface area contributed by atoms with Crippen LogP contribution in [0.4, 0.5) is 0 Å². The van der Waals surface area contributed by atoms with Crippen LogP contribution in [0.25, 0.3) is 5.82 Å². The molecule has 3 rings (SSSR count). The Balaban J connectivity index is 1.49. The molecule has 0 atom stereocenters. The van der Waals surface area contributed by atoms with E-state index in [9.17, 15) is 4.79 Å². The Labute approximate surface area is 128 Å². The molecular formula is C14H18N6O2. The van der Waals surface area contributed by atoms with Crippen LogP contribution in [0.1, 0.15) is 10.5 Å². The minimum absolute atomic E-state index is 0.215. The van der Waals surface area contributed by atoms with Crippen molar-refractivity contribution in [1.29, 1.82) is 0 Å². The molecular weight excluding hydrogens is 284 g/mol. The van der Waals surface area contributed by atoms with Gasteiger partial charge in [0.15, 0.2) is 11.5 Å². The molecule has 0 aromatic carbocycles. The predicted molar refractivity (Wildman–Crippen MR) is 78.7 cm³/mol. The molecule has 1 fully saturated rings. The van der Waals surface area contributed by atoms with Crippen molar-refractivity contribution in [2.24, 2.45) is 0 Å². The summed E-state index contributed by atoms with van der Waals surface area (Å²) >= 11 is 0. The summed E-state index contributed by atoms with van der Waals surface area (Å²) in [6, 6.07) is 5.17. The molecule has 8 nitrogen and oxygen atoms in total. The fraction of sp³-hybridized carbons (Fsp3) is 0.429. The van der Waals surface area contributed by atoms with E-state index in [0.29, 0.717) is 18.1 Å². The standard InChI is InChI=1S/C14H18N6O2/c21-14(15-5-7-19-8-10-22-11-9-19)12-2-3-13(18-17-12)20-6-1-4-16-20/h1-4,6H,5,7-11H2,(H,15,21). The van der Waals surface area contributed by atoms with Crippen LogP contribution in [0, 0.1) is 0 Å². The average molecular weight is 302 g/mol. The number of aromatic nitrogens is 4. The van der Waals surface area contributed by atoms with E-state index < -0.39 is 0 Å². The lowest BCUT2D eigenvalue weighted by Gasteiger charge is -2.26. The van der Waals surface area contributed by atoms with Gasteiger partial charge in [0.05, 0.1) is 13.2 Å². The topological polar surface area (TPSA) is 85.2 Å². The fourth-order valence-electron chi connectivity index (χ4n) is 2.22. The summed E-state index contributed by atoms with van der Waals surface area (Å²) in [5.74, 6) is 0.364. The van der Waals surface area contributed by atoms with Gasteiger partial charge in [0.2, 0.25) is 0 Å². The Morgan fingerprint density at radius 1 is 1.27 bits per heavy atom. The van der Waals surface area contributed by atoms with E-state index in [1.807, 2.05) is 0 Å². The lowest BCUT2D eigenvalue weighted by molar-refractivity contribution is 0.0383. The summed E-state index contributed by atoms with van der Waals surface area (Å²) in [5.41, 5.74) is 0.304.